The minimum atomic E-state index is -0.688. The van der Waals surface area contributed by atoms with Gasteiger partial charge in [0.1, 0.15) is 17.0 Å². The van der Waals surface area contributed by atoms with Gasteiger partial charge in [-0.05, 0) is 25.1 Å². The lowest BCUT2D eigenvalue weighted by molar-refractivity contribution is 0.114. The zero-order valence-corrected chi connectivity index (χ0v) is 12.5. The van der Waals surface area contributed by atoms with Crippen LogP contribution >= 0.6 is 23.2 Å². The van der Waals surface area contributed by atoms with Gasteiger partial charge >= 0.3 is 0 Å². The molecule has 1 N–H and O–H groups in total. The molecule has 0 amide bonds. The van der Waals surface area contributed by atoms with Crippen molar-refractivity contribution < 1.29 is 13.5 Å². The van der Waals surface area contributed by atoms with Crippen molar-refractivity contribution in [1.82, 2.24) is 10.3 Å². The number of rotatable bonds is 4. The molecule has 0 radical (unpaired) electrons. The summed E-state index contributed by atoms with van der Waals surface area (Å²) in [5, 5.41) is 3.08. The second kappa shape index (κ2) is 6.22. The van der Waals surface area contributed by atoms with E-state index in [1.54, 1.807) is 12.3 Å². The molecule has 1 fully saturated rings. The zero-order chi connectivity index (χ0) is 14.8. The molecule has 4 nitrogen and oxygen atoms in total. The zero-order valence-electron chi connectivity index (χ0n) is 11.0. The number of halogens is 3. The quantitative estimate of drug-likeness (QED) is 0.865. The minimum absolute atomic E-state index is 0.0393. The molecule has 0 spiro atoms. The first-order valence-electron chi connectivity index (χ1n) is 6.57. The van der Waals surface area contributed by atoms with Crippen LogP contribution in [0.5, 0.6) is 5.75 Å². The maximum absolute atomic E-state index is 13.8. The van der Waals surface area contributed by atoms with Crippen molar-refractivity contribution in [3.8, 4) is 5.75 Å². The normalized spacial score (nSPS) is 19.7. The Morgan fingerprint density at radius 1 is 1.43 bits per heavy atom. The molecule has 1 aromatic heterocycles. The molecule has 0 saturated carbocycles. The number of nitrogens with one attached hydrogen (secondary N) is 1. The number of aromatic nitrogens is 1. The topological polar surface area (TPSA) is 47.3 Å². The molecular weight excluding hydrogens is 318 g/mol. The summed E-state index contributed by atoms with van der Waals surface area (Å²) in [5.74, 6) is 0.175. The first-order chi connectivity index (χ1) is 10.2. The molecule has 1 saturated heterocycles. The van der Waals surface area contributed by atoms with E-state index in [9.17, 15) is 4.39 Å². The molecule has 21 heavy (non-hydrogen) atoms. The average molecular weight is 331 g/mol. The van der Waals surface area contributed by atoms with Gasteiger partial charge in [-0.25, -0.2) is 9.37 Å². The molecule has 112 valence electrons. The van der Waals surface area contributed by atoms with Crippen molar-refractivity contribution in [2.24, 2.45) is 5.92 Å². The summed E-state index contributed by atoms with van der Waals surface area (Å²) in [6.45, 7) is 1.68. The fourth-order valence-electron chi connectivity index (χ4n) is 2.39. The molecule has 3 rings (SSSR count). The van der Waals surface area contributed by atoms with Gasteiger partial charge < -0.3 is 14.5 Å². The Kier molecular flexibility index (Phi) is 4.33. The molecule has 1 aliphatic rings. The third-order valence-corrected chi connectivity index (χ3v) is 4.12. The summed E-state index contributed by atoms with van der Waals surface area (Å²) in [5.41, 5.74) is 0. The molecular formula is C14H13Cl2FN2O2. The summed E-state index contributed by atoms with van der Waals surface area (Å²) >= 11 is 11.7. The third-order valence-electron chi connectivity index (χ3n) is 3.48. The standard InChI is InChI=1S/C14H13Cl2FN2O2/c15-9-1-2-10(11(16)12(9)17)21-13(8-3-4-18-7-8)14-19-5-6-20-14/h1-2,5-6,8,13,18H,3-4,7H2. The molecule has 2 heterocycles. The first kappa shape index (κ1) is 14.6. The lowest BCUT2D eigenvalue weighted by Crippen LogP contribution is -2.22. The van der Waals surface area contributed by atoms with E-state index in [2.05, 4.69) is 10.3 Å². The number of hydrogen-bond acceptors (Lipinski definition) is 4. The lowest BCUT2D eigenvalue weighted by Gasteiger charge is -2.22. The Morgan fingerprint density at radius 3 is 2.95 bits per heavy atom. The van der Waals surface area contributed by atoms with Gasteiger partial charge in [0, 0.05) is 12.5 Å². The predicted octanol–water partition coefficient (Wildman–Crippen LogP) is 3.85. The van der Waals surface area contributed by atoms with E-state index in [1.807, 2.05) is 0 Å². The van der Waals surface area contributed by atoms with Crippen molar-refractivity contribution in [1.29, 1.82) is 0 Å². The highest BCUT2D eigenvalue weighted by molar-refractivity contribution is 6.35. The number of ether oxygens (including phenoxy) is 1. The molecule has 0 bridgehead atoms. The van der Waals surface area contributed by atoms with Gasteiger partial charge in [-0.3, -0.25) is 0 Å². The van der Waals surface area contributed by atoms with Crippen LogP contribution in [0.25, 0.3) is 0 Å². The van der Waals surface area contributed by atoms with Crippen LogP contribution in [-0.4, -0.2) is 18.1 Å². The fourth-order valence-corrected chi connectivity index (χ4v) is 2.81. The van der Waals surface area contributed by atoms with E-state index >= 15 is 0 Å². The van der Waals surface area contributed by atoms with Crippen LogP contribution < -0.4 is 10.1 Å². The van der Waals surface area contributed by atoms with Crippen LogP contribution in [0.1, 0.15) is 18.4 Å². The maximum Gasteiger partial charge on any atom is 0.235 e. The van der Waals surface area contributed by atoms with Crippen molar-refractivity contribution in [2.45, 2.75) is 12.5 Å². The Morgan fingerprint density at radius 2 is 2.29 bits per heavy atom. The maximum atomic E-state index is 13.8. The van der Waals surface area contributed by atoms with E-state index in [-0.39, 0.29) is 21.7 Å². The number of hydrogen-bond donors (Lipinski definition) is 1. The van der Waals surface area contributed by atoms with Crippen molar-refractivity contribution in [3.05, 3.63) is 46.3 Å². The molecule has 0 aliphatic carbocycles. The highest BCUT2D eigenvalue weighted by Crippen LogP contribution is 2.37. The van der Waals surface area contributed by atoms with Crippen LogP contribution in [0.15, 0.2) is 29.0 Å². The molecule has 7 heteroatoms. The summed E-state index contributed by atoms with van der Waals surface area (Å²) in [6, 6.07) is 2.96. The van der Waals surface area contributed by atoms with Crippen LogP contribution in [0, 0.1) is 11.7 Å². The van der Waals surface area contributed by atoms with Gasteiger partial charge in [-0.2, -0.15) is 0 Å². The Bertz CT molecular complexity index is 616. The summed E-state index contributed by atoms with van der Waals surface area (Å²) in [7, 11) is 0. The smallest absolute Gasteiger partial charge is 0.235 e. The number of nitrogens with zero attached hydrogens (tertiary/aromatic N) is 1. The van der Waals surface area contributed by atoms with Gasteiger partial charge in [0.25, 0.3) is 0 Å². The van der Waals surface area contributed by atoms with Crippen LogP contribution in [0.4, 0.5) is 4.39 Å². The van der Waals surface area contributed by atoms with E-state index in [1.165, 1.54) is 12.3 Å². The highest BCUT2D eigenvalue weighted by atomic mass is 35.5. The van der Waals surface area contributed by atoms with E-state index < -0.39 is 11.9 Å². The van der Waals surface area contributed by atoms with Crippen LogP contribution in [0.3, 0.4) is 0 Å². The second-order valence-corrected chi connectivity index (χ2v) is 5.62. The first-order valence-corrected chi connectivity index (χ1v) is 7.32. The van der Waals surface area contributed by atoms with Crippen LogP contribution in [0.2, 0.25) is 10.0 Å². The molecule has 2 aromatic rings. The van der Waals surface area contributed by atoms with Gasteiger partial charge in [0.2, 0.25) is 5.89 Å². The van der Waals surface area contributed by atoms with Gasteiger partial charge in [-0.15, -0.1) is 0 Å². The molecule has 2 atom stereocenters. The fraction of sp³-hybridized carbons (Fsp3) is 0.357. The Hall–Kier alpha value is -1.30. The van der Waals surface area contributed by atoms with Crippen molar-refractivity contribution >= 4 is 23.2 Å². The van der Waals surface area contributed by atoms with E-state index in [0.29, 0.717) is 5.89 Å². The number of benzene rings is 1. The third kappa shape index (κ3) is 3.00. The largest absolute Gasteiger partial charge is 0.479 e. The van der Waals surface area contributed by atoms with Gasteiger partial charge in [0.05, 0.1) is 11.2 Å². The minimum Gasteiger partial charge on any atom is -0.479 e. The molecule has 1 aliphatic heterocycles. The Balaban J connectivity index is 1.90. The monoisotopic (exact) mass is 330 g/mol. The second-order valence-electron chi connectivity index (χ2n) is 4.84. The molecule has 1 aromatic carbocycles. The van der Waals surface area contributed by atoms with E-state index in [4.69, 9.17) is 32.4 Å². The van der Waals surface area contributed by atoms with Gasteiger partial charge in [0.15, 0.2) is 11.9 Å². The predicted molar refractivity (Wildman–Crippen MR) is 77.3 cm³/mol. The van der Waals surface area contributed by atoms with Gasteiger partial charge in [-0.1, -0.05) is 23.2 Å². The summed E-state index contributed by atoms with van der Waals surface area (Å²) in [4.78, 5) is 4.14. The number of oxazole rings is 1. The Labute approximate surface area is 131 Å². The van der Waals surface area contributed by atoms with Crippen molar-refractivity contribution in [3.63, 3.8) is 0 Å². The average Bonchev–Trinajstić information content (AvgIpc) is 3.17. The highest BCUT2D eigenvalue weighted by Gasteiger charge is 2.32. The SMILES string of the molecule is Fc1c(Cl)ccc(OC(c2ncco2)C2CCNC2)c1Cl. The molecule has 2 unspecified atom stereocenters. The lowest BCUT2D eigenvalue weighted by atomic mass is 10.0. The van der Waals surface area contributed by atoms with Crippen molar-refractivity contribution in [2.75, 3.05) is 13.1 Å². The summed E-state index contributed by atoms with van der Waals surface area (Å²) in [6.07, 6.45) is 3.53. The van der Waals surface area contributed by atoms with Crippen LogP contribution in [-0.2, 0) is 0 Å². The summed E-state index contributed by atoms with van der Waals surface area (Å²) < 4.78 is 25.0. The van der Waals surface area contributed by atoms with E-state index in [0.717, 1.165) is 19.5 Å².